The van der Waals surface area contributed by atoms with Crippen molar-refractivity contribution in [3.63, 3.8) is 0 Å². The van der Waals surface area contributed by atoms with Crippen LogP contribution in [0.4, 0.5) is 32.3 Å². The zero-order chi connectivity index (χ0) is 21.7. The number of benzene rings is 3. The molecule has 0 saturated heterocycles. The molecule has 0 radical (unpaired) electrons. The van der Waals surface area contributed by atoms with Gasteiger partial charge in [-0.1, -0.05) is 52.5 Å². The molecule has 0 bridgehead atoms. The Kier molecular flexibility index (Phi) is 7.29. The molecule has 3 aromatic rings. The van der Waals surface area contributed by atoms with E-state index in [9.17, 15) is 9.59 Å². The number of carbonyl (C=O) groups is 2. The molecular formula is C20H14Cl4N4O2. The predicted molar refractivity (Wildman–Crippen MR) is 125 cm³/mol. The van der Waals surface area contributed by atoms with E-state index in [0.717, 1.165) is 0 Å². The van der Waals surface area contributed by atoms with Crippen molar-refractivity contribution in [2.24, 2.45) is 0 Å². The summed E-state index contributed by atoms with van der Waals surface area (Å²) in [7, 11) is 0. The van der Waals surface area contributed by atoms with Crippen LogP contribution in [0.2, 0.25) is 20.1 Å². The number of rotatable bonds is 4. The first kappa shape index (κ1) is 22.1. The lowest BCUT2D eigenvalue weighted by molar-refractivity contribution is 0.261. The summed E-state index contributed by atoms with van der Waals surface area (Å²) in [6, 6.07) is 15.0. The summed E-state index contributed by atoms with van der Waals surface area (Å²) < 4.78 is 0. The van der Waals surface area contributed by atoms with E-state index < -0.39 is 12.1 Å². The summed E-state index contributed by atoms with van der Waals surface area (Å²) in [5.41, 5.74) is 1.74. The minimum absolute atomic E-state index is 0.311. The van der Waals surface area contributed by atoms with Gasteiger partial charge in [-0.25, -0.2) is 9.59 Å². The highest BCUT2D eigenvalue weighted by Gasteiger charge is 2.09. The Bertz CT molecular complexity index is 1030. The normalized spacial score (nSPS) is 10.3. The zero-order valence-electron chi connectivity index (χ0n) is 15.1. The van der Waals surface area contributed by atoms with Crippen LogP contribution in [-0.2, 0) is 0 Å². The number of hydrogen-bond donors (Lipinski definition) is 4. The third-order valence-corrected chi connectivity index (χ3v) is 4.83. The Balaban J connectivity index is 1.61. The van der Waals surface area contributed by atoms with Crippen LogP contribution in [-0.4, -0.2) is 12.1 Å². The number of anilines is 4. The summed E-state index contributed by atoms with van der Waals surface area (Å²) in [5.74, 6) is 0. The van der Waals surface area contributed by atoms with Crippen LogP contribution < -0.4 is 21.3 Å². The van der Waals surface area contributed by atoms with Gasteiger partial charge in [0, 0.05) is 21.4 Å². The van der Waals surface area contributed by atoms with E-state index in [1.165, 1.54) is 12.1 Å². The largest absolute Gasteiger partial charge is 0.323 e. The van der Waals surface area contributed by atoms with Crippen LogP contribution in [0.5, 0.6) is 0 Å². The molecule has 0 saturated carbocycles. The van der Waals surface area contributed by atoms with Crippen molar-refractivity contribution in [1.29, 1.82) is 0 Å². The van der Waals surface area contributed by atoms with Crippen LogP contribution in [0.15, 0.2) is 60.7 Å². The lowest BCUT2D eigenvalue weighted by atomic mass is 10.2. The molecular weight excluding hydrogens is 470 g/mol. The maximum Gasteiger partial charge on any atom is 0.323 e. The van der Waals surface area contributed by atoms with Crippen molar-refractivity contribution >= 4 is 81.2 Å². The molecule has 0 unspecified atom stereocenters. The van der Waals surface area contributed by atoms with E-state index in [-0.39, 0.29) is 0 Å². The van der Waals surface area contributed by atoms with Crippen LogP contribution >= 0.6 is 46.4 Å². The highest BCUT2D eigenvalue weighted by atomic mass is 35.5. The molecule has 3 aromatic carbocycles. The lowest BCUT2D eigenvalue weighted by Gasteiger charge is -2.12. The van der Waals surface area contributed by atoms with Gasteiger partial charge in [-0.3, -0.25) is 0 Å². The van der Waals surface area contributed by atoms with Crippen molar-refractivity contribution in [2.45, 2.75) is 0 Å². The maximum absolute atomic E-state index is 12.2. The van der Waals surface area contributed by atoms with Gasteiger partial charge >= 0.3 is 12.1 Å². The topological polar surface area (TPSA) is 82.3 Å². The molecule has 0 aliphatic carbocycles. The van der Waals surface area contributed by atoms with E-state index in [1.807, 2.05) is 0 Å². The second-order valence-corrected chi connectivity index (χ2v) is 7.67. The smallest absolute Gasteiger partial charge is 0.308 e. The zero-order valence-corrected chi connectivity index (χ0v) is 18.1. The van der Waals surface area contributed by atoms with Gasteiger partial charge in [0.25, 0.3) is 0 Å². The lowest BCUT2D eigenvalue weighted by Crippen LogP contribution is -2.21. The molecule has 0 fully saturated rings. The average Bonchev–Trinajstić information content (AvgIpc) is 2.66. The first-order valence-corrected chi connectivity index (χ1v) is 9.97. The van der Waals surface area contributed by atoms with Gasteiger partial charge in [0.15, 0.2) is 0 Å². The van der Waals surface area contributed by atoms with Crippen LogP contribution in [0.1, 0.15) is 0 Å². The van der Waals surface area contributed by atoms with Gasteiger partial charge in [-0.05, 0) is 54.6 Å². The maximum atomic E-state index is 12.2. The van der Waals surface area contributed by atoms with Gasteiger partial charge in [-0.15, -0.1) is 0 Å². The molecule has 0 aliphatic rings. The molecule has 4 N–H and O–H groups in total. The van der Waals surface area contributed by atoms with Gasteiger partial charge in [0.2, 0.25) is 0 Å². The summed E-state index contributed by atoms with van der Waals surface area (Å²) in [6.07, 6.45) is 0. The second-order valence-electron chi connectivity index (χ2n) is 5.99. The molecule has 10 heteroatoms. The molecule has 6 nitrogen and oxygen atoms in total. The fourth-order valence-electron chi connectivity index (χ4n) is 2.43. The number of urea groups is 2. The Morgan fingerprint density at radius 3 is 1.40 bits per heavy atom. The number of nitrogens with one attached hydrogen (secondary N) is 4. The summed E-state index contributed by atoms with van der Waals surface area (Å²) in [6.45, 7) is 0. The molecule has 4 amide bonds. The van der Waals surface area contributed by atoms with E-state index in [1.54, 1.807) is 48.5 Å². The summed E-state index contributed by atoms with van der Waals surface area (Å²) in [4.78, 5) is 24.4. The molecule has 154 valence electrons. The van der Waals surface area contributed by atoms with Gasteiger partial charge < -0.3 is 21.3 Å². The van der Waals surface area contributed by atoms with Gasteiger partial charge in [-0.2, -0.15) is 0 Å². The van der Waals surface area contributed by atoms with Crippen LogP contribution in [0.3, 0.4) is 0 Å². The molecule has 0 aliphatic heterocycles. The molecule has 0 spiro atoms. The highest BCUT2D eigenvalue weighted by Crippen LogP contribution is 2.27. The summed E-state index contributed by atoms with van der Waals surface area (Å²) in [5, 5.41) is 12.1. The van der Waals surface area contributed by atoms with E-state index in [2.05, 4.69) is 21.3 Å². The first-order chi connectivity index (χ1) is 14.3. The van der Waals surface area contributed by atoms with Crippen molar-refractivity contribution in [1.82, 2.24) is 0 Å². The van der Waals surface area contributed by atoms with E-state index in [4.69, 9.17) is 46.4 Å². The number of amides is 4. The molecule has 30 heavy (non-hydrogen) atoms. The fourth-order valence-corrected chi connectivity index (χ4v) is 3.34. The quantitative estimate of drug-likeness (QED) is 0.308. The Morgan fingerprint density at radius 1 is 0.567 bits per heavy atom. The van der Waals surface area contributed by atoms with Crippen molar-refractivity contribution < 1.29 is 9.59 Å². The highest BCUT2D eigenvalue weighted by molar-refractivity contribution is 6.37. The first-order valence-electron chi connectivity index (χ1n) is 8.46. The molecule has 3 rings (SSSR count). The van der Waals surface area contributed by atoms with Crippen molar-refractivity contribution in [3.05, 3.63) is 80.8 Å². The van der Waals surface area contributed by atoms with Gasteiger partial charge in [0.05, 0.1) is 21.4 Å². The fraction of sp³-hybridized carbons (Fsp3) is 0. The predicted octanol–water partition coefficient (Wildman–Crippen LogP) is 7.59. The van der Waals surface area contributed by atoms with Crippen molar-refractivity contribution in [3.8, 4) is 0 Å². The molecule has 0 heterocycles. The Hall–Kier alpha value is -2.64. The van der Waals surface area contributed by atoms with E-state index >= 15 is 0 Å². The SMILES string of the molecule is O=C(Nc1cccc(NC(=O)Nc2ccc(Cl)cc2Cl)c1)Nc1ccc(Cl)cc1Cl. The van der Waals surface area contributed by atoms with Crippen LogP contribution in [0, 0.1) is 0 Å². The third kappa shape index (κ3) is 6.18. The monoisotopic (exact) mass is 482 g/mol. The Morgan fingerprint density at radius 2 is 1.00 bits per heavy atom. The van der Waals surface area contributed by atoms with E-state index in [0.29, 0.717) is 42.8 Å². The second kappa shape index (κ2) is 9.91. The van der Waals surface area contributed by atoms with Crippen molar-refractivity contribution in [2.75, 3.05) is 21.3 Å². The molecule has 0 aromatic heterocycles. The third-order valence-electron chi connectivity index (χ3n) is 3.74. The molecule has 0 atom stereocenters. The van der Waals surface area contributed by atoms with Crippen LogP contribution in [0.25, 0.3) is 0 Å². The number of carbonyl (C=O) groups excluding carboxylic acids is 2. The number of hydrogen-bond acceptors (Lipinski definition) is 2. The number of halogens is 4. The minimum Gasteiger partial charge on any atom is -0.308 e. The summed E-state index contributed by atoms with van der Waals surface area (Å²) >= 11 is 23.8. The van der Waals surface area contributed by atoms with Gasteiger partial charge in [0.1, 0.15) is 0 Å². The average molecular weight is 484 g/mol. The standard InChI is InChI=1S/C20H14Cl4N4O2/c21-11-4-6-17(15(23)8-11)27-19(29)25-13-2-1-3-14(10-13)26-20(30)28-18-7-5-12(22)9-16(18)24/h1-10H,(H2,25,27,29)(H2,26,28,30). The minimum atomic E-state index is -0.506. The Labute approximate surface area is 192 Å².